The summed E-state index contributed by atoms with van der Waals surface area (Å²) in [5.74, 6) is -0.747. The predicted octanol–water partition coefficient (Wildman–Crippen LogP) is 2.82. The van der Waals surface area contributed by atoms with Gasteiger partial charge in [0.2, 0.25) is 5.78 Å². The van der Waals surface area contributed by atoms with Crippen molar-refractivity contribution in [3.05, 3.63) is 34.9 Å². The molecule has 22 heavy (non-hydrogen) atoms. The van der Waals surface area contributed by atoms with Crippen LogP contribution in [0.2, 0.25) is 0 Å². The van der Waals surface area contributed by atoms with Crippen LogP contribution in [0.15, 0.2) is 23.6 Å². The molecule has 2 heterocycles. The molecule has 5 nitrogen and oxygen atoms in total. The standard InChI is InChI=1S/C17H19NO4/c1-22-16(21)13-14(19)12-8-11(10-4-5-10)9-18(12)17(15(13)20)6-2-3-7-17/h8-10,20H,2-7H2,1H3. The third kappa shape index (κ3) is 1.65. The molecule has 1 aromatic heterocycles. The molecule has 0 unspecified atom stereocenters. The summed E-state index contributed by atoms with van der Waals surface area (Å²) in [6.45, 7) is 0. The molecule has 4 rings (SSSR count). The predicted molar refractivity (Wildman–Crippen MR) is 78.9 cm³/mol. The number of esters is 1. The van der Waals surface area contributed by atoms with Gasteiger partial charge in [-0.15, -0.1) is 0 Å². The molecule has 2 saturated carbocycles. The summed E-state index contributed by atoms with van der Waals surface area (Å²) in [6, 6.07) is 1.90. The Balaban J connectivity index is 1.92. The number of aromatic nitrogens is 1. The second kappa shape index (κ2) is 4.48. The molecule has 0 radical (unpaired) electrons. The highest BCUT2D eigenvalue weighted by molar-refractivity contribution is 6.24. The minimum atomic E-state index is -0.741. The van der Waals surface area contributed by atoms with Crippen LogP contribution >= 0.6 is 0 Å². The minimum absolute atomic E-state index is 0.104. The van der Waals surface area contributed by atoms with E-state index in [0.29, 0.717) is 11.6 Å². The lowest BCUT2D eigenvalue weighted by Crippen LogP contribution is -2.41. The van der Waals surface area contributed by atoms with E-state index in [2.05, 4.69) is 0 Å². The molecule has 2 fully saturated rings. The number of methoxy groups -OCH3 is 1. The van der Waals surface area contributed by atoms with Gasteiger partial charge in [0.15, 0.2) is 0 Å². The number of allylic oxidation sites excluding steroid dienone is 1. The van der Waals surface area contributed by atoms with Crippen LogP contribution in [-0.2, 0) is 15.1 Å². The molecule has 0 atom stereocenters. The number of fused-ring (bicyclic) bond motifs is 2. The van der Waals surface area contributed by atoms with E-state index < -0.39 is 17.3 Å². The number of aliphatic hydroxyl groups excluding tert-OH is 1. The highest BCUT2D eigenvalue weighted by Crippen LogP contribution is 2.49. The van der Waals surface area contributed by atoms with Crippen molar-refractivity contribution in [3.63, 3.8) is 0 Å². The summed E-state index contributed by atoms with van der Waals surface area (Å²) in [7, 11) is 1.24. The SMILES string of the molecule is COC(=O)C1=C(O)C2(CCCC2)n2cc(C3CC3)cc2C1=O. The first-order valence-electron chi connectivity index (χ1n) is 7.88. The average Bonchev–Trinajstić information content (AvgIpc) is 3.08. The maximum absolute atomic E-state index is 12.7. The van der Waals surface area contributed by atoms with Crippen LogP contribution in [0.25, 0.3) is 0 Å². The van der Waals surface area contributed by atoms with Crippen LogP contribution in [0.1, 0.15) is 60.5 Å². The Kier molecular flexibility index (Phi) is 2.77. The second-order valence-corrected chi connectivity index (χ2v) is 6.59. The smallest absolute Gasteiger partial charge is 0.345 e. The van der Waals surface area contributed by atoms with Crippen molar-refractivity contribution in [3.8, 4) is 0 Å². The Morgan fingerprint density at radius 1 is 1.36 bits per heavy atom. The quantitative estimate of drug-likeness (QED) is 0.673. The van der Waals surface area contributed by atoms with E-state index in [4.69, 9.17) is 4.74 Å². The Morgan fingerprint density at radius 3 is 2.64 bits per heavy atom. The number of Topliss-reactive ketones (excluding diaryl/α,β-unsaturated/α-hetero) is 1. The van der Waals surface area contributed by atoms with Crippen molar-refractivity contribution in [2.24, 2.45) is 0 Å². The first-order valence-corrected chi connectivity index (χ1v) is 7.88. The van der Waals surface area contributed by atoms with Gasteiger partial charge in [0.1, 0.15) is 16.9 Å². The fourth-order valence-corrected chi connectivity index (χ4v) is 3.96. The fraction of sp³-hybridized carbons (Fsp3) is 0.529. The van der Waals surface area contributed by atoms with E-state index in [-0.39, 0.29) is 11.3 Å². The molecule has 5 heteroatoms. The normalized spacial score (nSPS) is 23.0. The van der Waals surface area contributed by atoms with E-state index in [1.807, 2.05) is 16.8 Å². The van der Waals surface area contributed by atoms with E-state index in [1.54, 1.807) is 0 Å². The number of ketones is 1. The van der Waals surface area contributed by atoms with Crippen molar-refractivity contribution in [1.29, 1.82) is 0 Å². The van der Waals surface area contributed by atoms with E-state index in [0.717, 1.165) is 44.1 Å². The Morgan fingerprint density at radius 2 is 2.05 bits per heavy atom. The van der Waals surface area contributed by atoms with Gasteiger partial charge in [-0.3, -0.25) is 4.79 Å². The molecule has 1 spiro atoms. The van der Waals surface area contributed by atoms with E-state index in [9.17, 15) is 14.7 Å². The zero-order chi connectivity index (χ0) is 15.5. The lowest BCUT2D eigenvalue weighted by molar-refractivity contribution is -0.136. The summed E-state index contributed by atoms with van der Waals surface area (Å²) in [5.41, 5.74) is 0.841. The van der Waals surface area contributed by atoms with Gasteiger partial charge in [-0.05, 0) is 43.2 Å². The van der Waals surface area contributed by atoms with Gasteiger partial charge in [0, 0.05) is 6.20 Å². The van der Waals surface area contributed by atoms with Crippen molar-refractivity contribution < 1.29 is 19.4 Å². The monoisotopic (exact) mass is 301 g/mol. The van der Waals surface area contributed by atoms with E-state index >= 15 is 0 Å². The molecule has 0 amide bonds. The van der Waals surface area contributed by atoms with Crippen molar-refractivity contribution in [2.45, 2.75) is 50.0 Å². The zero-order valence-electron chi connectivity index (χ0n) is 12.6. The Bertz CT molecular complexity index is 702. The number of carbonyl (C=O) groups excluding carboxylic acids is 2. The molecule has 0 saturated heterocycles. The molecule has 1 aliphatic heterocycles. The van der Waals surface area contributed by atoms with Gasteiger partial charge >= 0.3 is 5.97 Å². The van der Waals surface area contributed by atoms with Crippen molar-refractivity contribution >= 4 is 11.8 Å². The van der Waals surface area contributed by atoms with Gasteiger partial charge in [0.25, 0.3) is 0 Å². The summed E-state index contributed by atoms with van der Waals surface area (Å²) < 4.78 is 6.66. The van der Waals surface area contributed by atoms with Crippen LogP contribution in [0, 0.1) is 0 Å². The molecular formula is C17H19NO4. The van der Waals surface area contributed by atoms with Gasteiger partial charge < -0.3 is 14.4 Å². The number of nitrogens with zero attached hydrogens (tertiary/aromatic N) is 1. The summed E-state index contributed by atoms with van der Waals surface area (Å²) in [5, 5.41) is 10.7. The fourth-order valence-electron chi connectivity index (χ4n) is 3.96. The molecule has 0 aromatic carbocycles. The Labute approximate surface area is 128 Å². The van der Waals surface area contributed by atoms with Crippen LogP contribution in [0.4, 0.5) is 0 Å². The van der Waals surface area contributed by atoms with Gasteiger partial charge in [-0.2, -0.15) is 0 Å². The van der Waals surface area contributed by atoms with Crippen LogP contribution in [0.5, 0.6) is 0 Å². The van der Waals surface area contributed by atoms with Crippen molar-refractivity contribution in [1.82, 2.24) is 4.57 Å². The number of hydrogen-bond donors (Lipinski definition) is 1. The molecule has 1 aromatic rings. The van der Waals surface area contributed by atoms with Crippen LogP contribution in [0.3, 0.4) is 0 Å². The number of ether oxygens (including phenoxy) is 1. The zero-order valence-corrected chi connectivity index (χ0v) is 12.6. The number of aliphatic hydroxyl groups is 1. The lowest BCUT2D eigenvalue weighted by atomic mass is 9.85. The number of rotatable bonds is 2. The third-order valence-electron chi connectivity index (χ3n) is 5.31. The Hall–Kier alpha value is -2.04. The average molecular weight is 301 g/mol. The summed E-state index contributed by atoms with van der Waals surface area (Å²) in [6.07, 6.45) is 7.76. The second-order valence-electron chi connectivity index (χ2n) is 6.59. The molecular weight excluding hydrogens is 282 g/mol. The molecule has 3 aliphatic rings. The minimum Gasteiger partial charge on any atom is -0.509 e. The maximum atomic E-state index is 12.7. The molecule has 116 valence electrons. The topological polar surface area (TPSA) is 68.5 Å². The largest absolute Gasteiger partial charge is 0.509 e. The molecule has 2 aliphatic carbocycles. The van der Waals surface area contributed by atoms with Gasteiger partial charge in [0.05, 0.1) is 12.8 Å². The van der Waals surface area contributed by atoms with Crippen LogP contribution in [-0.4, -0.2) is 28.5 Å². The van der Waals surface area contributed by atoms with Crippen LogP contribution < -0.4 is 0 Å². The van der Waals surface area contributed by atoms with Crippen molar-refractivity contribution in [2.75, 3.05) is 7.11 Å². The first-order chi connectivity index (χ1) is 10.6. The first kappa shape index (κ1) is 13.6. The molecule has 1 N–H and O–H groups in total. The molecule has 0 bridgehead atoms. The lowest BCUT2D eigenvalue weighted by Gasteiger charge is -2.36. The summed E-state index contributed by atoms with van der Waals surface area (Å²) in [4.78, 5) is 24.7. The number of hydrogen-bond acceptors (Lipinski definition) is 4. The highest BCUT2D eigenvalue weighted by atomic mass is 16.5. The van der Waals surface area contributed by atoms with E-state index in [1.165, 1.54) is 7.11 Å². The maximum Gasteiger partial charge on any atom is 0.345 e. The number of carbonyl (C=O) groups is 2. The van der Waals surface area contributed by atoms with Gasteiger partial charge in [-0.1, -0.05) is 12.8 Å². The van der Waals surface area contributed by atoms with Gasteiger partial charge in [-0.25, -0.2) is 4.79 Å². The third-order valence-corrected chi connectivity index (χ3v) is 5.31. The highest BCUT2D eigenvalue weighted by Gasteiger charge is 2.50. The summed E-state index contributed by atoms with van der Waals surface area (Å²) >= 11 is 0.